The fraction of sp³-hybridized carbons (Fsp3) is 0.190. The Hall–Kier alpha value is -3.70. The van der Waals surface area contributed by atoms with Gasteiger partial charge in [-0.1, -0.05) is 17.2 Å². The van der Waals surface area contributed by atoms with Gasteiger partial charge in [0.25, 0.3) is 11.8 Å². The number of anilines is 1. The number of aromatic nitrogens is 2. The molecule has 2 aromatic heterocycles. The Labute approximate surface area is 183 Å². The van der Waals surface area contributed by atoms with Crippen molar-refractivity contribution in [3.63, 3.8) is 0 Å². The predicted molar refractivity (Wildman–Crippen MR) is 116 cm³/mol. The summed E-state index contributed by atoms with van der Waals surface area (Å²) in [5.74, 6) is 0.492. The average Bonchev–Trinajstić information content (AvgIpc) is 3.41. The van der Waals surface area contributed by atoms with Crippen LogP contribution in [0.2, 0.25) is 0 Å². The van der Waals surface area contributed by atoms with Crippen molar-refractivity contribution < 1.29 is 26.8 Å². The molecule has 0 saturated heterocycles. The van der Waals surface area contributed by atoms with E-state index in [0.29, 0.717) is 23.7 Å². The highest BCUT2D eigenvalue weighted by Crippen LogP contribution is 2.33. The molecule has 0 aliphatic rings. The molecule has 1 N–H and O–H groups in total. The molecule has 4 aromatic rings. The molecule has 0 saturated carbocycles. The number of ether oxygens (including phenoxy) is 1. The highest BCUT2D eigenvalue weighted by molar-refractivity contribution is 7.89. The first-order valence-electron chi connectivity index (χ1n) is 9.62. The molecule has 0 bridgehead atoms. The van der Waals surface area contributed by atoms with Crippen LogP contribution in [0.15, 0.2) is 62.3 Å². The van der Waals surface area contributed by atoms with Crippen LogP contribution in [0.5, 0.6) is 5.75 Å². The van der Waals surface area contributed by atoms with Crippen molar-refractivity contribution in [2.45, 2.75) is 11.8 Å². The summed E-state index contributed by atoms with van der Waals surface area (Å²) >= 11 is 0. The normalized spacial score (nSPS) is 11.8. The monoisotopic (exact) mass is 456 g/mol. The van der Waals surface area contributed by atoms with Crippen LogP contribution in [0.3, 0.4) is 0 Å². The molecule has 11 heteroatoms. The van der Waals surface area contributed by atoms with Crippen molar-refractivity contribution >= 4 is 32.9 Å². The van der Waals surface area contributed by atoms with Gasteiger partial charge in [0.15, 0.2) is 17.1 Å². The van der Waals surface area contributed by atoms with Crippen LogP contribution in [0, 0.1) is 0 Å². The molecule has 4 rings (SSSR count). The first-order chi connectivity index (χ1) is 15.3. The van der Waals surface area contributed by atoms with Crippen molar-refractivity contribution in [3.8, 4) is 17.4 Å². The molecule has 2 heterocycles. The van der Waals surface area contributed by atoms with E-state index in [9.17, 15) is 13.2 Å². The van der Waals surface area contributed by atoms with Crippen molar-refractivity contribution in [2.75, 3.05) is 26.0 Å². The second kappa shape index (κ2) is 8.44. The minimum Gasteiger partial charge on any atom is -0.490 e. The summed E-state index contributed by atoms with van der Waals surface area (Å²) in [5.41, 5.74) is 0.786. The van der Waals surface area contributed by atoms with E-state index in [0.717, 1.165) is 9.69 Å². The minimum absolute atomic E-state index is 0.0791. The van der Waals surface area contributed by atoms with Gasteiger partial charge < -0.3 is 13.6 Å². The second-order valence-corrected chi connectivity index (χ2v) is 9.05. The molecule has 0 atom stereocenters. The number of para-hydroxylation sites is 1. The zero-order valence-corrected chi connectivity index (χ0v) is 18.3. The third-order valence-corrected chi connectivity index (χ3v) is 6.39. The van der Waals surface area contributed by atoms with E-state index >= 15 is 0 Å². The van der Waals surface area contributed by atoms with Gasteiger partial charge in [0.1, 0.15) is 0 Å². The lowest BCUT2D eigenvalue weighted by Crippen LogP contribution is -2.22. The van der Waals surface area contributed by atoms with Crippen molar-refractivity contribution in [2.24, 2.45) is 0 Å². The number of rotatable bonds is 7. The summed E-state index contributed by atoms with van der Waals surface area (Å²) < 4.78 is 42.3. The van der Waals surface area contributed by atoms with Crippen LogP contribution < -0.4 is 10.1 Å². The topological polar surface area (TPSA) is 128 Å². The zero-order chi connectivity index (χ0) is 22.9. The molecule has 10 nitrogen and oxygen atoms in total. The number of amides is 1. The van der Waals surface area contributed by atoms with Crippen LogP contribution in [0.4, 0.5) is 6.01 Å². The van der Waals surface area contributed by atoms with Crippen LogP contribution in [-0.4, -0.2) is 49.5 Å². The van der Waals surface area contributed by atoms with E-state index in [2.05, 4.69) is 15.5 Å². The lowest BCUT2D eigenvalue weighted by Gasteiger charge is -2.11. The third-order valence-electron chi connectivity index (χ3n) is 4.56. The average molecular weight is 456 g/mol. The molecular weight excluding hydrogens is 436 g/mol. The Bertz CT molecular complexity index is 1370. The summed E-state index contributed by atoms with van der Waals surface area (Å²) in [6, 6.07) is 12.6. The van der Waals surface area contributed by atoms with Crippen LogP contribution in [-0.2, 0) is 10.0 Å². The van der Waals surface area contributed by atoms with Crippen LogP contribution in [0.1, 0.15) is 17.3 Å². The fourth-order valence-electron chi connectivity index (χ4n) is 2.94. The van der Waals surface area contributed by atoms with E-state index in [4.69, 9.17) is 13.6 Å². The molecule has 32 heavy (non-hydrogen) atoms. The first-order valence-corrected chi connectivity index (χ1v) is 11.1. The second-order valence-electron chi connectivity index (χ2n) is 6.90. The summed E-state index contributed by atoms with van der Waals surface area (Å²) in [6.45, 7) is 2.37. The van der Waals surface area contributed by atoms with E-state index < -0.39 is 15.9 Å². The Kier molecular flexibility index (Phi) is 5.68. The molecule has 2 aromatic carbocycles. The van der Waals surface area contributed by atoms with Crippen LogP contribution in [0.25, 0.3) is 22.6 Å². The smallest absolute Gasteiger partial charge is 0.322 e. The highest BCUT2D eigenvalue weighted by Gasteiger charge is 2.19. The van der Waals surface area contributed by atoms with E-state index in [1.807, 2.05) is 19.1 Å². The molecule has 0 fully saturated rings. The van der Waals surface area contributed by atoms with Gasteiger partial charge in [0.2, 0.25) is 10.0 Å². The number of nitrogens with one attached hydrogen (secondary N) is 1. The summed E-state index contributed by atoms with van der Waals surface area (Å²) in [6.07, 6.45) is 0. The van der Waals surface area contributed by atoms with Gasteiger partial charge >= 0.3 is 6.01 Å². The first kappa shape index (κ1) is 21.5. The number of fused-ring (bicyclic) bond motifs is 1. The van der Waals surface area contributed by atoms with Crippen LogP contribution >= 0.6 is 0 Å². The van der Waals surface area contributed by atoms with Gasteiger partial charge in [-0.2, -0.15) is 0 Å². The van der Waals surface area contributed by atoms with Gasteiger partial charge in [-0.25, -0.2) is 12.7 Å². The van der Waals surface area contributed by atoms with Gasteiger partial charge in [0.05, 0.1) is 11.5 Å². The van der Waals surface area contributed by atoms with E-state index in [1.54, 1.807) is 12.1 Å². The van der Waals surface area contributed by atoms with Crippen molar-refractivity contribution in [1.82, 2.24) is 14.5 Å². The SMILES string of the molecule is CCOc1cccc2cc(-c3nnc(NC(=O)c4ccc(S(=O)(=O)N(C)C)cc4)o3)oc12. The number of sulfonamides is 1. The number of carbonyl (C=O) groups excluding carboxylic acids is 1. The van der Waals surface area contributed by atoms with Crippen molar-refractivity contribution in [1.29, 1.82) is 0 Å². The largest absolute Gasteiger partial charge is 0.490 e. The quantitative estimate of drug-likeness (QED) is 0.448. The van der Waals surface area contributed by atoms with Crippen molar-refractivity contribution in [3.05, 3.63) is 54.1 Å². The standard InChI is InChI=1S/C21H20N4O6S/c1-4-29-16-7-5-6-14-12-17(30-18(14)16)20-23-24-21(31-20)22-19(26)13-8-10-15(11-9-13)32(27,28)25(2)3/h5-12H,4H2,1-3H3,(H,22,24,26). The Morgan fingerprint density at radius 2 is 1.84 bits per heavy atom. The maximum Gasteiger partial charge on any atom is 0.322 e. The molecule has 0 spiro atoms. The van der Waals surface area contributed by atoms with Gasteiger partial charge in [-0.05, 0) is 43.3 Å². The Morgan fingerprint density at radius 3 is 2.53 bits per heavy atom. The molecule has 0 unspecified atom stereocenters. The Morgan fingerprint density at radius 1 is 1.09 bits per heavy atom. The predicted octanol–water partition coefficient (Wildman–Crippen LogP) is 3.38. The third kappa shape index (κ3) is 4.07. The van der Waals surface area contributed by atoms with Gasteiger partial charge in [0, 0.05) is 25.0 Å². The molecule has 0 aliphatic heterocycles. The molecule has 166 valence electrons. The molecular formula is C21H20N4O6S. The zero-order valence-electron chi connectivity index (χ0n) is 17.5. The Balaban J connectivity index is 1.52. The van der Waals surface area contributed by atoms with E-state index in [1.165, 1.54) is 38.4 Å². The lowest BCUT2D eigenvalue weighted by atomic mass is 10.2. The molecule has 0 aliphatic carbocycles. The maximum atomic E-state index is 12.5. The lowest BCUT2D eigenvalue weighted by molar-refractivity contribution is 0.102. The molecule has 0 radical (unpaired) electrons. The number of furan rings is 1. The number of hydrogen-bond acceptors (Lipinski definition) is 8. The fourth-order valence-corrected chi connectivity index (χ4v) is 3.84. The van der Waals surface area contributed by atoms with Gasteiger partial charge in [-0.15, -0.1) is 5.10 Å². The minimum atomic E-state index is -3.58. The van der Waals surface area contributed by atoms with E-state index in [-0.39, 0.29) is 22.4 Å². The number of benzene rings is 2. The highest BCUT2D eigenvalue weighted by atomic mass is 32.2. The maximum absolute atomic E-state index is 12.5. The molecule has 1 amide bonds. The summed E-state index contributed by atoms with van der Waals surface area (Å²) in [7, 11) is -0.716. The number of nitrogens with zero attached hydrogens (tertiary/aromatic N) is 3. The van der Waals surface area contributed by atoms with Gasteiger partial charge in [-0.3, -0.25) is 10.1 Å². The summed E-state index contributed by atoms with van der Waals surface area (Å²) in [5, 5.41) is 11.0. The number of carbonyl (C=O) groups is 1. The summed E-state index contributed by atoms with van der Waals surface area (Å²) in [4.78, 5) is 12.6. The number of hydrogen-bond donors (Lipinski definition) is 1.